The van der Waals surface area contributed by atoms with E-state index in [1.165, 1.54) is 24.8 Å². The Labute approximate surface area is 150 Å². The molecule has 1 amide bonds. The quantitative estimate of drug-likeness (QED) is 0.761. The first-order valence-electron chi connectivity index (χ1n) is 9.48. The van der Waals surface area contributed by atoms with Crippen molar-refractivity contribution in [1.82, 2.24) is 9.88 Å². The third-order valence-corrected chi connectivity index (χ3v) is 5.12. The van der Waals surface area contributed by atoms with Crippen molar-refractivity contribution in [1.29, 1.82) is 0 Å². The van der Waals surface area contributed by atoms with Gasteiger partial charge in [-0.05, 0) is 26.7 Å². The van der Waals surface area contributed by atoms with Gasteiger partial charge in [-0.25, -0.2) is 4.98 Å². The molecule has 1 aromatic heterocycles. The molecule has 0 unspecified atom stereocenters. The Kier molecular flexibility index (Phi) is 5.90. The van der Waals surface area contributed by atoms with Crippen LogP contribution in [0.2, 0.25) is 0 Å². The van der Waals surface area contributed by atoms with Crippen LogP contribution in [-0.4, -0.2) is 28.4 Å². The van der Waals surface area contributed by atoms with Crippen LogP contribution in [-0.2, 0) is 11.2 Å². The number of benzene rings is 1. The van der Waals surface area contributed by atoms with Crippen LogP contribution in [0.15, 0.2) is 34.9 Å². The number of hydrogen-bond donors (Lipinski definition) is 0. The summed E-state index contributed by atoms with van der Waals surface area (Å²) in [6.45, 7) is 4.93. The summed E-state index contributed by atoms with van der Waals surface area (Å²) in [6, 6.07) is 8.62. The lowest BCUT2D eigenvalue weighted by Crippen LogP contribution is -2.41. The van der Waals surface area contributed by atoms with Crippen molar-refractivity contribution >= 4 is 5.91 Å². The van der Waals surface area contributed by atoms with Crippen LogP contribution < -0.4 is 0 Å². The van der Waals surface area contributed by atoms with Gasteiger partial charge in [-0.3, -0.25) is 4.79 Å². The number of hydrogen-bond acceptors (Lipinski definition) is 3. The Hall–Kier alpha value is -2.10. The van der Waals surface area contributed by atoms with Crippen molar-refractivity contribution in [2.24, 2.45) is 0 Å². The lowest BCUT2D eigenvalue weighted by Gasteiger charge is -2.33. The van der Waals surface area contributed by atoms with Crippen molar-refractivity contribution in [2.75, 3.05) is 6.54 Å². The van der Waals surface area contributed by atoms with E-state index < -0.39 is 0 Å². The molecule has 25 heavy (non-hydrogen) atoms. The summed E-state index contributed by atoms with van der Waals surface area (Å²) in [6.07, 6.45) is 8.88. The first-order valence-corrected chi connectivity index (χ1v) is 9.48. The number of aromatic nitrogens is 1. The average Bonchev–Trinajstić information content (AvgIpc) is 3.11. The predicted molar refractivity (Wildman–Crippen MR) is 99.3 cm³/mol. The van der Waals surface area contributed by atoms with Crippen LogP contribution in [0.5, 0.6) is 0 Å². The molecule has 0 spiro atoms. The summed E-state index contributed by atoms with van der Waals surface area (Å²) in [5.41, 5.74) is 2.24. The highest BCUT2D eigenvalue weighted by molar-refractivity contribution is 5.76. The molecule has 2 aromatic rings. The van der Waals surface area contributed by atoms with E-state index in [-0.39, 0.29) is 5.91 Å². The van der Waals surface area contributed by atoms with E-state index in [9.17, 15) is 4.79 Å². The summed E-state index contributed by atoms with van der Waals surface area (Å²) in [7, 11) is 0. The van der Waals surface area contributed by atoms with E-state index in [0.717, 1.165) is 30.7 Å². The summed E-state index contributed by atoms with van der Waals surface area (Å²) in [4.78, 5) is 19.0. The van der Waals surface area contributed by atoms with Crippen LogP contribution in [0.3, 0.4) is 0 Å². The van der Waals surface area contributed by atoms with Gasteiger partial charge in [-0.1, -0.05) is 49.1 Å². The summed E-state index contributed by atoms with van der Waals surface area (Å²) >= 11 is 0. The molecular formula is C21H28N2O2. The van der Waals surface area contributed by atoms with E-state index >= 15 is 0 Å². The number of oxazole rings is 1. The van der Waals surface area contributed by atoms with Crippen molar-refractivity contribution < 1.29 is 9.21 Å². The van der Waals surface area contributed by atoms with Gasteiger partial charge in [0.1, 0.15) is 0 Å². The lowest BCUT2D eigenvalue weighted by atomic mass is 9.94. The first kappa shape index (κ1) is 17.7. The van der Waals surface area contributed by atoms with Crippen molar-refractivity contribution in [3.63, 3.8) is 0 Å². The monoisotopic (exact) mass is 340 g/mol. The van der Waals surface area contributed by atoms with Crippen molar-refractivity contribution in [3.8, 4) is 11.3 Å². The van der Waals surface area contributed by atoms with Crippen LogP contribution in [0, 0.1) is 6.92 Å². The van der Waals surface area contributed by atoms with Crippen LogP contribution in [0.25, 0.3) is 11.3 Å². The first-order chi connectivity index (χ1) is 12.2. The van der Waals surface area contributed by atoms with Gasteiger partial charge in [0.25, 0.3) is 0 Å². The predicted octanol–water partition coefficient (Wildman–Crippen LogP) is 4.76. The second kappa shape index (κ2) is 8.32. The molecule has 1 saturated carbocycles. The summed E-state index contributed by atoms with van der Waals surface area (Å²) in [5.74, 6) is 1.63. The maximum absolute atomic E-state index is 12.6. The highest BCUT2D eigenvalue weighted by atomic mass is 16.4. The van der Waals surface area contributed by atoms with Crippen LogP contribution in [0.4, 0.5) is 0 Å². The zero-order valence-electron chi connectivity index (χ0n) is 15.3. The minimum atomic E-state index is 0.226. The average molecular weight is 340 g/mol. The molecule has 1 fully saturated rings. The van der Waals surface area contributed by atoms with E-state index in [4.69, 9.17) is 4.42 Å². The van der Waals surface area contributed by atoms with Crippen molar-refractivity contribution in [3.05, 3.63) is 41.9 Å². The number of aryl methyl sites for hydroxylation is 2. The molecule has 0 atom stereocenters. The van der Waals surface area contributed by atoms with Crippen LogP contribution >= 0.6 is 0 Å². The second-order valence-electron chi connectivity index (χ2n) is 6.96. The second-order valence-corrected chi connectivity index (χ2v) is 6.96. The minimum absolute atomic E-state index is 0.226. The highest BCUT2D eigenvalue weighted by Gasteiger charge is 2.24. The zero-order valence-corrected chi connectivity index (χ0v) is 15.3. The molecular weight excluding hydrogens is 312 g/mol. The number of amides is 1. The number of carbonyl (C=O) groups excluding carboxylic acids is 1. The molecule has 4 heteroatoms. The molecule has 0 aliphatic heterocycles. The third kappa shape index (κ3) is 4.50. The van der Waals surface area contributed by atoms with Gasteiger partial charge in [0.15, 0.2) is 11.7 Å². The Balaban J connectivity index is 1.57. The minimum Gasteiger partial charge on any atom is -0.441 e. The molecule has 0 N–H and O–H groups in total. The number of carbonyl (C=O) groups is 1. The van der Waals surface area contributed by atoms with E-state index in [1.807, 2.05) is 12.1 Å². The van der Waals surface area contributed by atoms with E-state index in [0.29, 0.717) is 24.8 Å². The molecule has 3 rings (SSSR count). The van der Waals surface area contributed by atoms with Gasteiger partial charge in [0.2, 0.25) is 5.91 Å². The fraction of sp³-hybridized carbons (Fsp3) is 0.524. The summed E-state index contributed by atoms with van der Waals surface area (Å²) in [5, 5.41) is 0. The van der Waals surface area contributed by atoms with Gasteiger partial charge in [-0.2, -0.15) is 0 Å². The van der Waals surface area contributed by atoms with Gasteiger partial charge in [-0.15, -0.1) is 0 Å². The van der Waals surface area contributed by atoms with Crippen LogP contribution in [0.1, 0.15) is 56.9 Å². The molecule has 0 saturated heterocycles. The maximum atomic E-state index is 12.6. The third-order valence-electron chi connectivity index (χ3n) is 5.12. The molecule has 4 nitrogen and oxygen atoms in total. The van der Waals surface area contributed by atoms with Gasteiger partial charge >= 0.3 is 0 Å². The SMILES string of the molecule is CCN(C(=O)CCc1ncc(-c2ccc(C)cc2)o1)C1CCCCC1. The zero-order chi connectivity index (χ0) is 17.6. The molecule has 0 radical (unpaired) electrons. The Morgan fingerprint density at radius 3 is 2.60 bits per heavy atom. The Morgan fingerprint density at radius 2 is 1.92 bits per heavy atom. The standard InChI is InChI=1S/C21H28N2O2/c1-3-23(18-7-5-4-6-8-18)21(24)14-13-20-22-15-19(25-20)17-11-9-16(2)10-12-17/h9-12,15,18H,3-8,13-14H2,1-2H3. The fourth-order valence-corrected chi connectivity index (χ4v) is 3.67. The molecule has 1 heterocycles. The molecule has 1 aliphatic rings. The Bertz CT molecular complexity index is 684. The van der Waals surface area contributed by atoms with Gasteiger partial charge in [0, 0.05) is 31.0 Å². The topological polar surface area (TPSA) is 46.3 Å². The van der Waals surface area contributed by atoms with E-state index in [1.54, 1.807) is 6.20 Å². The summed E-state index contributed by atoms with van der Waals surface area (Å²) < 4.78 is 5.84. The largest absolute Gasteiger partial charge is 0.441 e. The fourth-order valence-electron chi connectivity index (χ4n) is 3.67. The molecule has 0 bridgehead atoms. The Morgan fingerprint density at radius 1 is 1.20 bits per heavy atom. The smallest absolute Gasteiger partial charge is 0.223 e. The van der Waals surface area contributed by atoms with E-state index in [2.05, 4.69) is 35.9 Å². The normalized spacial score (nSPS) is 15.3. The molecule has 1 aliphatic carbocycles. The number of nitrogens with zero attached hydrogens (tertiary/aromatic N) is 2. The maximum Gasteiger partial charge on any atom is 0.223 e. The van der Waals surface area contributed by atoms with Gasteiger partial charge < -0.3 is 9.32 Å². The molecule has 134 valence electrons. The lowest BCUT2D eigenvalue weighted by molar-refractivity contribution is -0.134. The van der Waals surface area contributed by atoms with Crippen molar-refractivity contribution in [2.45, 2.75) is 64.8 Å². The molecule has 1 aromatic carbocycles. The van der Waals surface area contributed by atoms with Gasteiger partial charge in [0.05, 0.1) is 6.20 Å². The highest BCUT2D eigenvalue weighted by Crippen LogP contribution is 2.24. The number of rotatable bonds is 6.